The normalized spacial score (nSPS) is 15.2. The van der Waals surface area contributed by atoms with Crippen molar-refractivity contribution in [2.45, 2.75) is 59.4 Å². The van der Waals surface area contributed by atoms with E-state index in [9.17, 15) is 0 Å². The van der Waals surface area contributed by atoms with E-state index in [0.29, 0.717) is 17.9 Å². The van der Waals surface area contributed by atoms with Gasteiger partial charge in [-0.2, -0.15) is 0 Å². The highest BCUT2D eigenvalue weighted by Crippen LogP contribution is 2.30. The van der Waals surface area contributed by atoms with Crippen LogP contribution in [0.1, 0.15) is 57.7 Å². The third-order valence-corrected chi connectivity index (χ3v) is 4.18. The molecule has 0 radical (unpaired) electrons. The number of rotatable bonds is 7. The molecule has 1 N–H and O–H groups in total. The van der Waals surface area contributed by atoms with Crippen LogP contribution in [0, 0.1) is 5.92 Å². The number of hydrogen-bond acceptors (Lipinski definition) is 3. The van der Waals surface area contributed by atoms with Gasteiger partial charge in [0.2, 0.25) is 0 Å². The molecule has 0 saturated heterocycles. The zero-order valence-corrected chi connectivity index (χ0v) is 12.6. The molecule has 0 aliphatic heterocycles. The summed E-state index contributed by atoms with van der Waals surface area (Å²) in [5.41, 5.74) is 1.23. The molecule has 1 heterocycles. The summed E-state index contributed by atoms with van der Waals surface area (Å²) in [6.45, 7) is 12.3. The Morgan fingerprint density at radius 1 is 1.29 bits per heavy atom. The zero-order valence-electron chi connectivity index (χ0n) is 11.8. The molecule has 3 heteroatoms. The average molecular weight is 254 g/mol. The van der Waals surface area contributed by atoms with E-state index in [0.717, 1.165) is 13.0 Å². The van der Waals surface area contributed by atoms with Crippen LogP contribution in [0.5, 0.6) is 0 Å². The lowest BCUT2D eigenvalue weighted by atomic mass is 9.90. The van der Waals surface area contributed by atoms with Gasteiger partial charge in [0.05, 0.1) is 10.7 Å². The average Bonchev–Trinajstić information content (AvgIpc) is 2.74. The summed E-state index contributed by atoms with van der Waals surface area (Å²) < 4.78 is 0. The second kappa shape index (κ2) is 7.12. The van der Waals surface area contributed by atoms with Crippen LogP contribution < -0.4 is 5.32 Å². The van der Waals surface area contributed by atoms with Gasteiger partial charge in [-0.05, 0) is 32.2 Å². The van der Waals surface area contributed by atoms with Gasteiger partial charge in [0.1, 0.15) is 0 Å². The molecule has 1 aromatic heterocycles. The van der Waals surface area contributed by atoms with Crippen molar-refractivity contribution in [2.75, 3.05) is 6.54 Å². The molecule has 2 atom stereocenters. The van der Waals surface area contributed by atoms with Crippen LogP contribution in [0.2, 0.25) is 0 Å². The first-order valence-electron chi connectivity index (χ1n) is 6.77. The molecule has 1 rings (SSSR count). The van der Waals surface area contributed by atoms with Gasteiger partial charge >= 0.3 is 0 Å². The maximum absolute atomic E-state index is 4.76. The van der Waals surface area contributed by atoms with Crippen LogP contribution in [0.4, 0.5) is 0 Å². The Morgan fingerprint density at radius 2 is 2.00 bits per heavy atom. The Hall–Kier alpha value is -0.410. The van der Waals surface area contributed by atoms with Crippen molar-refractivity contribution in [1.29, 1.82) is 0 Å². The van der Waals surface area contributed by atoms with Crippen molar-refractivity contribution < 1.29 is 0 Å². The molecular formula is C14H26N2S. The maximum atomic E-state index is 4.76. The first kappa shape index (κ1) is 14.7. The lowest BCUT2D eigenvalue weighted by molar-refractivity contribution is 0.376. The van der Waals surface area contributed by atoms with E-state index < -0.39 is 0 Å². The molecular weight excluding hydrogens is 228 g/mol. The van der Waals surface area contributed by atoms with Gasteiger partial charge in [-0.1, -0.05) is 27.7 Å². The summed E-state index contributed by atoms with van der Waals surface area (Å²) in [7, 11) is 0. The van der Waals surface area contributed by atoms with E-state index >= 15 is 0 Å². The van der Waals surface area contributed by atoms with Crippen LogP contribution >= 0.6 is 11.3 Å². The quantitative estimate of drug-likeness (QED) is 0.800. The molecule has 0 aromatic carbocycles. The maximum Gasteiger partial charge on any atom is 0.0977 e. The molecule has 0 bridgehead atoms. The van der Waals surface area contributed by atoms with E-state index in [1.165, 1.54) is 17.1 Å². The second-order valence-corrected chi connectivity index (χ2v) is 5.93. The van der Waals surface area contributed by atoms with Crippen LogP contribution in [0.25, 0.3) is 0 Å². The van der Waals surface area contributed by atoms with Gasteiger partial charge in [0, 0.05) is 17.3 Å². The topological polar surface area (TPSA) is 24.9 Å². The van der Waals surface area contributed by atoms with Gasteiger partial charge in [0.25, 0.3) is 0 Å². The fraction of sp³-hybridized carbons (Fsp3) is 0.786. The molecule has 0 fully saturated rings. The molecule has 2 unspecified atom stereocenters. The van der Waals surface area contributed by atoms with E-state index in [4.69, 9.17) is 4.98 Å². The Morgan fingerprint density at radius 3 is 2.47 bits per heavy atom. The molecule has 0 amide bonds. The summed E-state index contributed by atoms with van der Waals surface area (Å²) in [4.78, 5) is 4.76. The molecule has 0 aliphatic carbocycles. The molecule has 0 aliphatic rings. The van der Waals surface area contributed by atoms with Crippen molar-refractivity contribution in [3.05, 3.63) is 16.1 Å². The van der Waals surface area contributed by atoms with Crippen LogP contribution in [0.15, 0.2) is 5.38 Å². The third kappa shape index (κ3) is 4.07. The van der Waals surface area contributed by atoms with Crippen molar-refractivity contribution in [3.8, 4) is 0 Å². The molecule has 0 spiro atoms. The van der Waals surface area contributed by atoms with Crippen LogP contribution in [0.3, 0.4) is 0 Å². The summed E-state index contributed by atoms with van der Waals surface area (Å²) in [6.07, 6.45) is 2.23. The number of thiazole rings is 1. The lowest BCUT2D eigenvalue weighted by Crippen LogP contribution is -2.35. The minimum Gasteiger partial charge on any atom is -0.314 e. The lowest BCUT2D eigenvalue weighted by Gasteiger charge is -2.26. The van der Waals surface area contributed by atoms with Crippen molar-refractivity contribution in [2.24, 2.45) is 5.92 Å². The first-order valence-corrected chi connectivity index (χ1v) is 7.65. The highest BCUT2D eigenvalue weighted by atomic mass is 32.1. The first-order chi connectivity index (χ1) is 8.10. The minimum atomic E-state index is 0.505. The van der Waals surface area contributed by atoms with Crippen molar-refractivity contribution >= 4 is 11.3 Å². The van der Waals surface area contributed by atoms with Gasteiger partial charge in [0.15, 0.2) is 0 Å². The molecule has 1 aromatic rings. The summed E-state index contributed by atoms with van der Waals surface area (Å²) in [6, 6.07) is 0.505. The Kier molecular flexibility index (Phi) is 6.14. The Bertz CT molecular complexity index is 320. The minimum absolute atomic E-state index is 0.505. The smallest absolute Gasteiger partial charge is 0.0977 e. The summed E-state index contributed by atoms with van der Waals surface area (Å²) >= 11 is 1.82. The van der Waals surface area contributed by atoms with Crippen LogP contribution in [-0.2, 0) is 6.42 Å². The number of hydrogen-bond donors (Lipinski definition) is 1. The van der Waals surface area contributed by atoms with E-state index in [1.54, 1.807) is 0 Å². The molecule has 0 saturated carbocycles. The fourth-order valence-corrected chi connectivity index (χ4v) is 3.49. The molecule has 2 nitrogen and oxygen atoms in total. The van der Waals surface area contributed by atoms with Crippen molar-refractivity contribution in [3.63, 3.8) is 0 Å². The SMILES string of the molecule is CCCNC(C)C(c1nc(CC)cs1)C(C)C. The summed E-state index contributed by atoms with van der Waals surface area (Å²) in [5, 5.41) is 7.11. The number of aromatic nitrogens is 1. The highest BCUT2D eigenvalue weighted by molar-refractivity contribution is 7.09. The predicted molar refractivity (Wildman–Crippen MR) is 76.8 cm³/mol. The fourth-order valence-electron chi connectivity index (χ4n) is 2.21. The van der Waals surface area contributed by atoms with Gasteiger partial charge in [-0.3, -0.25) is 0 Å². The van der Waals surface area contributed by atoms with Crippen molar-refractivity contribution in [1.82, 2.24) is 10.3 Å². The number of aryl methyl sites for hydroxylation is 1. The van der Waals surface area contributed by atoms with Gasteiger partial charge < -0.3 is 5.32 Å². The summed E-state index contributed by atoms with van der Waals surface area (Å²) in [5.74, 6) is 1.16. The van der Waals surface area contributed by atoms with Gasteiger partial charge in [-0.25, -0.2) is 4.98 Å². The highest BCUT2D eigenvalue weighted by Gasteiger charge is 2.25. The standard InChI is InChI=1S/C14H26N2S/c1-6-8-15-11(5)13(10(3)4)14-16-12(7-2)9-17-14/h9-11,13,15H,6-8H2,1-5H3. The monoisotopic (exact) mass is 254 g/mol. The Balaban J connectivity index is 2.77. The van der Waals surface area contributed by atoms with E-state index in [1.807, 2.05) is 11.3 Å². The third-order valence-electron chi connectivity index (χ3n) is 3.19. The number of nitrogens with one attached hydrogen (secondary N) is 1. The molecule has 98 valence electrons. The number of nitrogens with zero attached hydrogens (tertiary/aromatic N) is 1. The second-order valence-electron chi connectivity index (χ2n) is 5.04. The van der Waals surface area contributed by atoms with Gasteiger partial charge in [-0.15, -0.1) is 11.3 Å². The van der Waals surface area contributed by atoms with Crippen LogP contribution in [-0.4, -0.2) is 17.6 Å². The zero-order chi connectivity index (χ0) is 12.8. The largest absolute Gasteiger partial charge is 0.314 e. The predicted octanol–water partition coefficient (Wildman–Crippen LogP) is 3.83. The van der Waals surface area contributed by atoms with E-state index in [-0.39, 0.29) is 0 Å². The van der Waals surface area contributed by atoms with E-state index in [2.05, 4.69) is 45.3 Å². The Labute approximate surface area is 110 Å². The molecule has 17 heavy (non-hydrogen) atoms.